The van der Waals surface area contributed by atoms with Gasteiger partial charge in [0.05, 0.1) is 0 Å². The van der Waals surface area contributed by atoms with Crippen LogP contribution in [0, 0.1) is 11.8 Å². The first-order valence-corrected chi connectivity index (χ1v) is 4.08. The first-order valence-electron chi connectivity index (χ1n) is 4.08. The summed E-state index contributed by atoms with van der Waals surface area (Å²) < 4.78 is 0. The van der Waals surface area contributed by atoms with E-state index in [9.17, 15) is 0 Å². The van der Waals surface area contributed by atoms with Gasteiger partial charge in [-0.25, -0.2) is 0 Å². The van der Waals surface area contributed by atoms with Gasteiger partial charge < -0.3 is 4.90 Å². The highest BCUT2D eigenvalue weighted by molar-refractivity contribution is 4.83. The predicted octanol–water partition coefficient (Wildman–Crippen LogP) is 1.98. The van der Waals surface area contributed by atoms with Crippen LogP contribution in [0.1, 0.15) is 27.2 Å². The van der Waals surface area contributed by atoms with Crippen molar-refractivity contribution in [3.8, 4) is 0 Å². The van der Waals surface area contributed by atoms with E-state index in [2.05, 4.69) is 11.8 Å². The summed E-state index contributed by atoms with van der Waals surface area (Å²) >= 11 is 0. The van der Waals surface area contributed by atoms with E-state index in [-0.39, 0.29) is 7.43 Å². The van der Waals surface area contributed by atoms with Gasteiger partial charge in [-0.15, -0.1) is 0 Å². The Morgan fingerprint density at radius 3 is 2.00 bits per heavy atom. The maximum absolute atomic E-state index is 2.60. The van der Waals surface area contributed by atoms with Crippen LogP contribution in [0.25, 0.3) is 0 Å². The molecular formula is C9H19N. The average molecular weight is 141 g/mol. The van der Waals surface area contributed by atoms with Crippen molar-refractivity contribution in [3.05, 3.63) is 0 Å². The van der Waals surface area contributed by atoms with Gasteiger partial charge in [0.15, 0.2) is 0 Å². The fourth-order valence-electron chi connectivity index (χ4n) is 2.26. The fraction of sp³-hybridized carbons (Fsp3) is 1.00. The van der Waals surface area contributed by atoms with Crippen LogP contribution in [0.15, 0.2) is 0 Å². The highest BCUT2D eigenvalue weighted by atomic mass is 15.1. The van der Waals surface area contributed by atoms with E-state index < -0.39 is 0 Å². The summed E-state index contributed by atoms with van der Waals surface area (Å²) in [4.78, 5) is 2.60. The van der Waals surface area contributed by atoms with Crippen LogP contribution in [0.4, 0.5) is 0 Å². The van der Waals surface area contributed by atoms with Crippen molar-refractivity contribution in [2.45, 2.75) is 27.2 Å². The van der Waals surface area contributed by atoms with Gasteiger partial charge in [0.1, 0.15) is 0 Å². The van der Waals surface area contributed by atoms with E-state index in [1.807, 2.05) is 0 Å². The maximum atomic E-state index is 2.60. The molecule has 0 aliphatic carbocycles. The van der Waals surface area contributed by atoms with E-state index in [4.69, 9.17) is 0 Å². The van der Waals surface area contributed by atoms with Gasteiger partial charge in [-0.3, -0.25) is 0 Å². The number of piperidine rings is 3. The minimum atomic E-state index is 0. The Kier molecular flexibility index (Phi) is 2.35. The lowest BCUT2D eigenvalue weighted by Crippen LogP contribution is -2.46. The van der Waals surface area contributed by atoms with Crippen molar-refractivity contribution in [1.82, 2.24) is 4.90 Å². The van der Waals surface area contributed by atoms with E-state index in [1.54, 1.807) is 0 Å². The molecule has 3 fully saturated rings. The van der Waals surface area contributed by atoms with Crippen LogP contribution in [-0.2, 0) is 0 Å². The molecule has 2 bridgehead atoms. The van der Waals surface area contributed by atoms with Crippen LogP contribution >= 0.6 is 0 Å². The van der Waals surface area contributed by atoms with Gasteiger partial charge in [0.2, 0.25) is 0 Å². The molecule has 0 unspecified atom stereocenters. The van der Waals surface area contributed by atoms with Crippen LogP contribution in [0.5, 0.6) is 0 Å². The van der Waals surface area contributed by atoms with Gasteiger partial charge in [0.25, 0.3) is 0 Å². The summed E-state index contributed by atoms with van der Waals surface area (Å²) in [6.07, 6.45) is 2.95. The number of fused-ring (bicyclic) bond motifs is 3. The molecule has 3 aliphatic rings. The molecule has 0 aromatic heterocycles. The number of nitrogens with zero attached hydrogens (tertiary/aromatic N) is 1. The molecule has 3 heterocycles. The second-order valence-corrected chi connectivity index (χ2v) is 3.62. The Hall–Kier alpha value is -0.0400. The van der Waals surface area contributed by atoms with Crippen molar-refractivity contribution in [2.75, 3.05) is 19.6 Å². The molecule has 0 aromatic rings. The van der Waals surface area contributed by atoms with Gasteiger partial charge in [-0.1, -0.05) is 14.4 Å². The Morgan fingerprint density at radius 2 is 1.80 bits per heavy atom. The van der Waals surface area contributed by atoms with Crippen LogP contribution in [0.3, 0.4) is 0 Å². The van der Waals surface area contributed by atoms with Gasteiger partial charge >= 0.3 is 0 Å². The van der Waals surface area contributed by atoms with Crippen LogP contribution < -0.4 is 0 Å². The van der Waals surface area contributed by atoms with Gasteiger partial charge in [0, 0.05) is 6.54 Å². The molecular weight excluding hydrogens is 122 g/mol. The van der Waals surface area contributed by atoms with E-state index in [1.165, 1.54) is 32.5 Å². The summed E-state index contributed by atoms with van der Waals surface area (Å²) in [6, 6.07) is 0. The second-order valence-electron chi connectivity index (χ2n) is 3.62. The average Bonchev–Trinajstić information content (AvgIpc) is 1.90. The highest BCUT2D eigenvalue weighted by Crippen LogP contribution is 2.31. The molecule has 3 rings (SSSR count). The third-order valence-corrected chi connectivity index (χ3v) is 2.98. The molecule has 0 aromatic carbocycles. The molecule has 1 nitrogen and oxygen atoms in total. The summed E-state index contributed by atoms with van der Waals surface area (Å²) in [7, 11) is 0. The topological polar surface area (TPSA) is 3.24 Å². The zero-order valence-electron chi connectivity index (χ0n) is 6.14. The number of rotatable bonds is 0. The first-order chi connectivity index (χ1) is 4.36. The molecule has 0 saturated carbocycles. The van der Waals surface area contributed by atoms with Crippen LogP contribution in [-0.4, -0.2) is 24.5 Å². The smallest absolute Gasteiger partial charge is 0.000968 e. The normalized spacial score (nSPS) is 44.7. The molecule has 1 heteroatoms. The molecule has 0 amide bonds. The Balaban J connectivity index is 0.000000500. The van der Waals surface area contributed by atoms with Crippen molar-refractivity contribution in [1.29, 1.82) is 0 Å². The largest absolute Gasteiger partial charge is 0.303 e. The molecule has 3 aliphatic heterocycles. The molecule has 3 saturated heterocycles. The van der Waals surface area contributed by atoms with E-state index in [0.717, 1.165) is 11.8 Å². The van der Waals surface area contributed by atoms with Crippen molar-refractivity contribution in [2.24, 2.45) is 11.8 Å². The lowest BCUT2D eigenvalue weighted by molar-refractivity contribution is 0.0603. The zero-order chi connectivity index (χ0) is 6.27. The number of hydrogen-bond donors (Lipinski definition) is 0. The fourth-order valence-corrected chi connectivity index (χ4v) is 2.26. The monoisotopic (exact) mass is 141 g/mol. The SMILES string of the molecule is C.C[C@H]1CN2CCC1CC2. The van der Waals surface area contributed by atoms with Gasteiger partial charge in [-0.05, 0) is 37.8 Å². The Morgan fingerprint density at radius 1 is 1.20 bits per heavy atom. The van der Waals surface area contributed by atoms with Gasteiger partial charge in [-0.2, -0.15) is 0 Å². The van der Waals surface area contributed by atoms with Crippen molar-refractivity contribution >= 4 is 0 Å². The molecule has 1 atom stereocenters. The molecule has 0 N–H and O–H groups in total. The van der Waals surface area contributed by atoms with E-state index >= 15 is 0 Å². The molecule has 0 radical (unpaired) electrons. The first kappa shape index (κ1) is 8.06. The maximum Gasteiger partial charge on any atom is 0.000968 e. The Bertz CT molecular complexity index is 103. The standard InChI is InChI=1S/C8H15N.CH4/c1-7-6-9-4-2-8(7)3-5-9;/h7-8H,2-6H2,1H3;1H4/t7-;/m0./s1. The lowest BCUT2D eigenvalue weighted by atomic mass is 9.80. The summed E-state index contributed by atoms with van der Waals surface area (Å²) in [5, 5.41) is 0. The molecule has 10 heavy (non-hydrogen) atoms. The number of hydrogen-bond acceptors (Lipinski definition) is 1. The zero-order valence-corrected chi connectivity index (χ0v) is 6.14. The minimum absolute atomic E-state index is 0. The highest BCUT2D eigenvalue weighted by Gasteiger charge is 2.30. The lowest BCUT2D eigenvalue weighted by Gasteiger charge is -2.43. The third kappa shape index (κ3) is 1.20. The summed E-state index contributed by atoms with van der Waals surface area (Å²) in [5.74, 6) is 2.07. The third-order valence-electron chi connectivity index (χ3n) is 2.98. The molecule has 60 valence electrons. The summed E-state index contributed by atoms with van der Waals surface area (Å²) in [5.41, 5.74) is 0. The van der Waals surface area contributed by atoms with Crippen LogP contribution in [0.2, 0.25) is 0 Å². The van der Waals surface area contributed by atoms with E-state index in [0.29, 0.717) is 0 Å². The minimum Gasteiger partial charge on any atom is -0.303 e. The molecule has 0 spiro atoms. The predicted molar refractivity (Wildman–Crippen MR) is 45.1 cm³/mol. The quantitative estimate of drug-likeness (QED) is 0.498. The Labute approximate surface area is 64.4 Å². The second kappa shape index (κ2) is 2.91. The van der Waals surface area contributed by atoms with Crippen molar-refractivity contribution < 1.29 is 0 Å². The summed E-state index contributed by atoms with van der Waals surface area (Å²) in [6.45, 7) is 6.55. The van der Waals surface area contributed by atoms with Crippen molar-refractivity contribution in [3.63, 3.8) is 0 Å².